The van der Waals surface area contributed by atoms with Gasteiger partial charge in [0.2, 0.25) is 5.95 Å². The van der Waals surface area contributed by atoms with Crippen LogP contribution in [0.25, 0.3) is 17.3 Å². The molecular formula is C13H13N3. The highest BCUT2D eigenvalue weighted by atomic mass is 15.0. The summed E-state index contributed by atoms with van der Waals surface area (Å²) in [6.45, 7) is 1.96. The predicted molar refractivity (Wildman–Crippen MR) is 66.6 cm³/mol. The standard InChI is InChI=1S/C13H13N3/c1-2-6-11-9-15-13(14)16-12(11)10-7-4-3-5-8-10/h2-9H,1H3,(H2,14,15,16)/b6-2+. The van der Waals surface area contributed by atoms with E-state index in [1.807, 2.05) is 49.4 Å². The third-order valence-corrected chi connectivity index (χ3v) is 2.23. The molecule has 80 valence electrons. The molecule has 1 aromatic carbocycles. The largest absolute Gasteiger partial charge is 0.368 e. The first kappa shape index (κ1) is 10.4. The normalized spacial score (nSPS) is 10.8. The van der Waals surface area contributed by atoms with Crippen molar-refractivity contribution in [2.45, 2.75) is 6.92 Å². The van der Waals surface area contributed by atoms with Crippen LogP contribution in [0.2, 0.25) is 0 Å². The van der Waals surface area contributed by atoms with Gasteiger partial charge in [0.15, 0.2) is 0 Å². The number of aromatic nitrogens is 2. The summed E-state index contributed by atoms with van der Waals surface area (Å²) >= 11 is 0. The summed E-state index contributed by atoms with van der Waals surface area (Å²) in [5, 5.41) is 0. The quantitative estimate of drug-likeness (QED) is 0.831. The van der Waals surface area contributed by atoms with E-state index >= 15 is 0 Å². The van der Waals surface area contributed by atoms with Crippen molar-refractivity contribution in [2.75, 3.05) is 5.73 Å². The molecule has 2 rings (SSSR count). The molecule has 0 saturated carbocycles. The maximum absolute atomic E-state index is 5.61. The summed E-state index contributed by atoms with van der Waals surface area (Å²) in [5.74, 6) is 0.298. The van der Waals surface area contributed by atoms with Crippen LogP contribution < -0.4 is 5.73 Å². The van der Waals surface area contributed by atoms with Gasteiger partial charge in [0, 0.05) is 17.3 Å². The zero-order valence-corrected chi connectivity index (χ0v) is 9.09. The summed E-state index contributed by atoms with van der Waals surface area (Å²) < 4.78 is 0. The molecule has 0 fully saturated rings. The van der Waals surface area contributed by atoms with Crippen molar-refractivity contribution in [3.63, 3.8) is 0 Å². The monoisotopic (exact) mass is 211 g/mol. The minimum atomic E-state index is 0.298. The maximum atomic E-state index is 5.61. The van der Waals surface area contributed by atoms with Gasteiger partial charge in [0.05, 0.1) is 5.69 Å². The Morgan fingerprint density at radius 2 is 1.94 bits per heavy atom. The number of hydrogen-bond acceptors (Lipinski definition) is 3. The smallest absolute Gasteiger partial charge is 0.220 e. The van der Waals surface area contributed by atoms with Crippen molar-refractivity contribution in [3.8, 4) is 11.3 Å². The lowest BCUT2D eigenvalue weighted by Gasteiger charge is -2.05. The molecule has 0 atom stereocenters. The fraction of sp³-hybridized carbons (Fsp3) is 0.0769. The van der Waals surface area contributed by atoms with Gasteiger partial charge in [0.1, 0.15) is 0 Å². The van der Waals surface area contributed by atoms with Crippen LogP contribution in [0.1, 0.15) is 12.5 Å². The van der Waals surface area contributed by atoms with Crippen LogP contribution in [-0.4, -0.2) is 9.97 Å². The molecule has 1 heterocycles. The molecule has 0 aliphatic rings. The van der Waals surface area contributed by atoms with Crippen LogP contribution in [0, 0.1) is 0 Å². The first-order chi connectivity index (χ1) is 7.81. The fourth-order valence-corrected chi connectivity index (χ4v) is 1.53. The first-order valence-electron chi connectivity index (χ1n) is 5.12. The fourth-order valence-electron chi connectivity index (χ4n) is 1.53. The Labute approximate surface area is 94.7 Å². The van der Waals surface area contributed by atoms with Crippen LogP contribution in [-0.2, 0) is 0 Å². The topological polar surface area (TPSA) is 51.8 Å². The minimum Gasteiger partial charge on any atom is -0.368 e. The van der Waals surface area contributed by atoms with E-state index in [-0.39, 0.29) is 0 Å². The van der Waals surface area contributed by atoms with Crippen LogP contribution in [0.3, 0.4) is 0 Å². The molecule has 0 aliphatic heterocycles. The van der Waals surface area contributed by atoms with Gasteiger partial charge >= 0.3 is 0 Å². The number of benzene rings is 1. The highest BCUT2D eigenvalue weighted by Crippen LogP contribution is 2.22. The molecule has 0 radical (unpaired) electrons. The van der Waals surface area contributed by atoms with Gasteiger partial charge in [-0.1, -0.05) is 42.5 Å². The molecule has 3 heteroatoms. The second-order valence-electron chi connectivity index (χ2n) is 3.40. The molecule has 16 heavy (non-hydrogen) atoms. The van der Waals surface area contributed by atoms with Crippen LogP contribution in [0.5, 0.6) is 0 Å². The predicted octanol–water partition coefficient (Wildman–Crippen LogP) is 2.76. The number of rotatable bonds is 2. The van der Waals surface area contributed by atoms with E-state index in [1.54, 1.807) is 6.20 Å². The van der Waals surface area contributed by atoms with E-state index < -0.39 is 0 Å². The molecule has 0 bridgehead atoms. The molecule has 1 aromatic heterocycles. The van der Waals surface area contributed by atoms with Gasteiger partial charge in [-0.3, -0.25) is 0 Å². The van der Waals surface area contributed by atoms with Crippen molar-refractivity contribution in [3.05, 3.63) is 48.2 Å². The van der Waals surface area contributed by atoms with Crippen LogP contribution in [0.4, 0.5) is 5.95 Å². The van der Waals surface area contributed by atoms with E-state index in [0.29, 0.717) is 5.95 Å². The average molecular weight is 211 g/mol. The summed E-state index contributed by atoms with van der Waals surface area (Å²) in [6.07, 6.45) is 5.67. The zero-order valence-electron chi connectivity index (χ0n) is 9.09. The summed E-state index contributed by atoms with van der Waals surface area (Å²) in [5.41, 5.74) is 8.50. The SMILES string of the molecule is C/C=C/c1cnc(N)nc1-c1ccccc1. The highest BCUT2D eigenvalue weighted by Gasteiger charge is 2.05. The molecular weight excluding hydrogens is 198 g/mol. The molecule has 0 spiro atoms. The lowest BCUT2D eigenvalue weighted by atomic mass is 10.1. The second-order valence-corrected chi connectivity index (χ2v) is 3.40. The van der Waals surface area contributed by atoms with E-state index in [0.717, 1.165) is 16.8 Å². The number of anilines is 1. The second kappa shape index (κ2) is 4.57. The highest BCUT2D eigenvalue weighted by molar-refractivity contribution is 5.71. The molecule has 2 aromatic rings. The van der Waals surface area contributed by atoms with Crippen molar-refractivity contribution in [1.29, 1.82) is 0 Å². The van der Waals surface area contributed by atoms with E-state index in [2.05, 4.69) is 9.97 Å². The van der Waals surface area contributed by atoms with Gasteiger partial charge in [0.25, 0.3) is 0 Å². The number of allylic oxidation sites excluding steroid dienone is 1. The number of nitrogens with zero attached hydrogens (tertiary/aromatic N) is 2. The average Bonchev–Trinajstić information content (AvgIpc) is 2.33. The zero-order chi connectivity index (χ0) is 11.4. The Balaban J connectivity index is 2.58. The van der Waals surface area contributed by atoms with E-state index in [1.165, 1.54) is 0 Å². The number of nitrogen functional groups attached to an aromatic ring is 1. The third-order valence-electron chi connectivity index (χ3n) is 2.23. The van der Waals surface area contributed by atoms with Crippen molar-refractivity contribution < 1.29 is 0 Å². The summed E-state index contributed by atoms with van der Waals surface area (Å²) in [7, 11) is 0. The van der Waals surface area contributed by atoms with Gasteiger partial charge in [-0.2, -0.15) is 0 Å². The number of nitrogens with two attached hydrogens (primary N) is 1. The van der Waals surface area contributed by atoms with Crippen molar-refractivity contribution in [2.24, 2.45) is 0 Å². The molecule has 0 amide bonds. The lowest BCUT2D eigenvalue weighted by molar-refractivity contribution is 1.18. The van der Waals surface area contributed by atoms with Gasteiger partial charge in [-0.25, -0.2) is 9.97 Å². The Kier molecular flexibility index (Phi) is 2.96. The Morgan fingerprint density at radius 1 is 1.19 bits per heavy atom. The van der Waals surface area contributed by atoms with Gasteiger partial charge < -0.3 is 5.73 Å². The minimum absolute atomic E-state index is 0.298. The van der Waals surface area contributed by atoms with Crippen LogP contribution >= 0.6 is 0 Å². The van der Waals surface area contributed by atoms with Crippen LogP contribution in [0.15, 0.2) is 42.6 Å². The molecule has 3 nitrogen and oxygen atoms in total. The summed E-state index contributed by atoms with van der Waals surface area (Å²) in [4.78, 5) is 8.28. The number of hydrogen-bond donors (Lipinski definition) is 1. The first-order valence-corrected chi connectivity index (χ1v) is 5.12. The van der Waals surface area contributed by atoms with Crippen molar-refractivity contribution >= 4 is 12.0 Å². The Morgan fingerprint density at radius 3 is 2.62 bits per heavy atom. The molecule has 0 saturated heterocycles. The molecule has 0 aliphatic carbocycles. The molecule has 0 unspecified atom stereocenters. The van der Waals surface area contributed by atoms with Crippen molar-refractivity contribution in [1.82, 2.24) is 9.97 Å². The molecule has 2 N–H and O–H groups in total. The lowest BCUT2D eigenvalue weighted by Crippen LogP contribution is -1.98. The van der Waals surface area contributed by atoms with Gasteiger partial charge in [-0.15, -0.1) is 0 Å². The summed E-state index contributed by atoms with van der Waals surface area (Å²) in [6, 6.07) is 9.95. The van der Waals surface area contributed by atoms with E-state index in [9.17, 15) is 0 Å². The third kappa shape index (κ3) is 2.08. The van der Waals surface area contributed by atoms with E-state index in [4.69, 9.17) is 5.73 Å². The Bertz CT molecular complexity index is 504. The maximum Gasteiger partial charge on any atom is 0.220 e. The Hall–Kier alpha value is -2.16. The van der Waals surface area contributed by atoms with Gasteiger partial charge in [-0.05, 0) is 6.92 Å².